The van der Waals surface area contributed by atoms with Crippen molar-refractivity contribution in [2.24, 2.45) is 0 Å². The van der Waals surface area contributed by atoms with Crippen LogP contribution in [-0.2, 0) is 6.18 Å². The van der Waals surface area contributed by atoms with E-state index in [1.807, 2.05) is 0 Å². The molecule has 2 amide bonds. The number of carbonyl (C=O) groups excluding carboxylic acids is 2. The lowest BCUT2D eigenvalue weighted by Gasteiger charge is -2.14. The smallest absolute Gasteiger partial charge is 0.317 e. The highest BCUT2D eigenvalue weighted by atomic mass is 19.4. The van der Waals surface area contributed by atoms with E-state index in [4.69, 9.17) is 0 Å². The molecule has 1 aliphatic heterocycles. The van der Waals surface area contributed by atoms with Crippen LogP contribution < -0.4 is 10.5 Å². The minimum atomic E-state index is -4.79. The second-order valence-electron chi connectivity index (χ2n) is 4.69. The molecule has 9 heteroatoms. The predicted octanol–water partition coefficient (Wildman–Crippen LogP) is 2.33. The van der Waals surface area contributed by atoms with Crippen LogP contribution in [0.3, 0.4) is 0 Å². The van der Waals surface area contributed by atoms with Crippen LogP contribution in [0.25, 0.3) is 0 Å². The second-order valence-corrected chi connectivity index (χ2v) is 4.69. The molecular formula is C14H6F4N2O3. The van der Waals surface area contributed by atoms with Gasteiger partial charge in [0.15, 0.2) is 0 Å². The number of benzene rings is 1. The van der Waals surface area contributed by atoms with Gasteiger partial charge in [0.05, 0.1) is 11.1 Å². The zero-order chi connectivity index (χ0) is 16.9. The average molecular weight is 326 g/mol. The summed E-state index contributed by atoms with van der Waals surface area (Å²) in [6.07, 6.45) is -4.79. The van der Waals surface area contributed by atoms with Crippen molar-refractivity contribution in [3.05, 3.63) is 63.3 Å². The molecule has 1 N–H and O–H groups in total. The van der Waals surface area contributed by atoms with Crippen LogP contribution in [0.15, 0.2) is 35.1 Å². The quantitative estimate of drug-likeness (QED) is 0.646. The van der Waals surface area contributed by atoms with Gasteiger partial charge in [-0.1, -0.05) is 6.07 Å². The largest absolute Gasteiger partial charge is 0.431 e. The number of anilines is 1. The number of nitrogens with zero attached hydrogens (tertiary/aromatic N) is 1. The first-order chi connectivity index (χ1) is 10.7. The SMILES string of the molecule is O=C1c2cccc(F)c2C(=O)N1c1ccc(C(F)(F)F)[nH]c1=O. The second kappa shape index (κ2) is 4.77. The summed E-state index contributed by atoms with van der Waals surface area (Å²) in [5, 5.41) is 0. The molecule has 0 fully saturated rings. The minimum absolute atomic E-state index is 0.255. The summed E-state index contributed by atoms with van der Waals surface area (Å²) in [4.78, 5) is 38.0. The Morgan fingerprint density at radius 3 is 2.22 bits per heavy atom. The molecule has 0 saturated carbocycles. The van der Waals surface area contributed by atoms with Gasteiger partial charge in [-0.25, -0.2) is 9.29 Å². The van der Waals surface area contributed by atoms with Gasteiger partial charge < -0.3 is 4.98 Å². The molecule has 3 rings (SSSR count). The molecule has 118 valence electrons. The number of nitrogens with one attached hydrogen (secondary N) is 1. The number of halogens is 4. The van der Waals surface area contributed by atoms with Gasteiger partial charge in [0.2, 0.25) is 0 Å². The van der Waals surface area contributed by atoms with Crippen LogP contribution in [0, 0.1) is 5.82 Å². The molecule has 23 heavy (non-hydrogen) atoms. The zero-order valence-corrected chi connectivity index (χ0v) is 11.1. The van der Waals surface area contributed by atoms with Crippen LogP contribution in [0.1, 0.15) is 26.4 Å². The molecule has 0 unspecified atom stereocenters. The fraction of sp³-hybridized carbons (Fsp3) is 0.0714. The zero-order valence-electron chi connectivity index (χ0n) is 11.1. The Morgan fingerprint density at radius 1 is 0.957 bits per heavy atom. The minimum Gasteiger partial charge on any atom is -0.317 e. The summed E-state index contributed by atoms with van der Waals surface area (Å²) < 4.78 is 51.3. The number of H-pyrrole nitrogens is 1. The van der Waals surface area contributed by atoms with E-state index in [2.05, 4.69) is 0 Å². The Morgan fingerprint density at radius 2 is 1.65 bits per heavy atom. The molecule has 0 bridgehead atoms. The van der Waals surface area contributed by atoms with Crippen molar-refractivity contribution >= 4 is 17.5 Å². The van der Waals surface area contributed by atoms with Crippen molar-refractivity contribution in [2.75, 3.05) is 4.90 Å². The highest BCUT2D eigenvalue weighted by Gasteiger charge is 2.40. The Bertz CT molecular complexity index is 902. The van der Waals surface area contributed by atoms with Crippen molar-refractivity contribution in [3.63, 3.8) is 0 Å². The number of aromatic nitrogens is 1. The summed E-state index contributed by atoms with van der Waals surface area (Å²) in [6.45, 7) is 0. The first kappa shape index (κ1) is 14.9. The fourth-order valence-electron chi connectivity index (χ4n) is 2.27. The van der Waals surface area contributed by atoms with Crippen molar-refractivity contribution in [1.82, 2.24) is 4.98 Å². The van der Waals surface area contributed by atoms with Crippen molar-refractivity contribution in [3.8, 4) is 0 Å². The lowest BCUT2D eigenvalue weighted by Crippen LogP contribution is -2.34. The Hall–Kier alpha value is -2.97. The normalized spacial score (nSPS) is 14.3. The molecule has 0 atom stereocenters. The van der Waals surface area contributed by atoms with Crippen molar-refractivity contribution < 1.29 is 27.2 Å². The number of carbonyl (C=O) groups is 2. The number of fused-ring (bicyclic) bond motifs is 1. The predicted molar refractivity (Wildman–Crippen MR) is 69.6 cm³/mol. The molecule has 0 spiro atoms. The van der Waals surface area contributed by atoms with Gasteiger partial charge >= 0.3 is 6.18 Å². The first-order valence-electron chi connectivity index (χ1n) is 6.19. The third-order valence-electron chi connectivity index (χ3n) is 3.30. The van der Waals surface area contributed by atoms with Crippen LogP contribution in [0.5, 0.6) is 0 Å². The molecule has 1 aromatic carbocycles. The highest BCUT2D eigenvalue weighted by Crippen LogP contribution is 2.30. The van der Waals surface area contributed by atoms with E-state index < -0.39 is 46.3 Å². The van der Waals surface area contributed by atoms with Crippen LogP contribution in [-0.4, -0.2) is 16.8 Å². The average Bonchev–Trinajstić information content (AvgIpc) is 2.71. The number of hydrogen-bond acceptors (Lipinski definition) is 3. The molecule has 0 aliphatic carbocycles. The monoisotopic (exact) mass is 326 g/mol. The lowest BCUT2D eigenvalue weighted by atomic mass is 10.1. The summed E-state index contributed by atoms with van der Waals surface area (Å²) in [5.41, 5.74) is -3.99. The standard InChI is InChI=1S/C14H6F4N2O3/c15-7-3-1-2-6-10(7)13(23)20(12(6)22)8-4-5-9(14(16,17)18)19-11(8)21/h1-5H,(H,19,21). The van der Waals surface area contributed by atoms with Crippen LogP contribution >= 0.6 is 0 Å². The summed E-state index contributed by atoms with van der Waals surface area (Å²) in [7, 11) is 0. The lowest BCUT2D eigenvalue weighted by molar-refractivity contribution is -0.141. The van der Waals surface area contributed by atoms with Gasteiger partial charge in [-0.05, 0) is 24.3 Å². The van der Waals surface area contributed by atoms with Crippen LogP contribution in [0.2, 0.25) is 0 Å². The summed E-state index contributed by atoms with van der Waals surface area (Å²) in [5.74, 6) is -3.03. The molecule has 0 saturated heterocycles. The topological polar surface area (TPSA) is 70.2 Å². The number of hydrogen-bond donors (Lipinski definition) is 1. The number of aromatic amines is 1. The first-order valence-corrected chi connectivity index (χ1v) is 6.19. The van der Waals surface area contributed by atoms with E-state index in [9.17, 15) is 31.9 Å². The van der Waals surface area contributed by atoms with E-state index in [0.717, 1.165) is 6.07 Å². The molecule has 5 nitrogen and oxygen atoms in total. The third-order valence-corrected chi connectivity index (χ3v) is 3.30. The molecule has 0 radical (unpaired) electrons. The summed E-state index contributed by atoms with van der Waals surface area (Å²) >= 11 is 0. The molecule has 1 aromatic heterocycles. The number of rotatable bonds is 1. The maximum absolute atomic E-state index is 13.7. The maximum atomic E-state index is 13.7. The molecule has 2 heterocycles. The van der Waals surface area contributed by atoms with Gasteiger partial charge in [0.1, 0.15) is 17.2 Å². The van der Waals surface area contributed by atoms with Crippen molar-refractivity contribution in [2.45, 2.75) is 6.18 Å². The fourth-order valence-corrected chi connectivity index (χ4v) is 2.27. The maximum Gasteiger partial charge on any atom is 0.431 e. The van der Waals surface area contributed by atoms with Gasteiger partial charge in [0.25, 0.3) is 17.4 Å². The molecule has 1 aliphatic rings. The Labute approximate surface area is 125 Å². The molecular weight excluding hydrogens is 320 g/mol. The van der Waals surface area contributed by atoms with Crippen LogP contribution in [0.4, 0.5) is 23.2 Å². The van der Waals surface area contributed by atoms with Gasteiger partial charge in [0, 0.05) is 0 Å². The van der Waals surface area contributed by atoms with Gasteiger partial charge in [-0.15, -0.1) is 0 Å². The van der Waals surface area contributed by atoms with E-state index in [0.29, 0.717) is 17.0 Å². The van der Waals surface area contributed by atoms with E-state index in [-0.39, 0.29) is 5.56 Å². The number of amides is 2. The number of imide groups is 1. The highest BCUT2D eigenvalue weighted by molar-refractivity contribution is 6.34. The molecule has 2 aromatic rings. The van der Waals surface area contributed by atoms with Gasteiger partial charge in [-0.3, -0.25) is 14.4 Å². The van der Waals surface area contributed by atoms with Crippen molar-refractivity contribution in [1.29, 1.82) is 0 Å². The Kier molecular flexibility index (Phi) is 3.10. The van der Waals surface area contributed by atoms with E-state index >= 15 is 0 Å². The Balaban J connectivity index is 2.12. The van der Waals surface area contributed by atoms with E-state index in [1.54, 1.807) is 4.98 Å². The number of pyridine rings is 1. The van der Waals surface area contributed by atoms with E-state index in [1.165, 1.54) is 12.1 Å². The van der Waals surface area contributed by atoms with Gasteiger partial charge in [-0.2, -0.15) is 13.2 Å². The third kappa shape index (κ3) is 2.20. The number of alkyl halides is 3. The summed E-state index contributed by atoms with van der Waals surface area (Å²) in [6, 6.07) is 4.58.